The minimum Gasteiger partial charge on any atom is -0.423 e. The predicted octanol–water partition coefficient (Wildman–Crippen LogP) is 4.11. The number of carbonyl (C=O) groups is 2. The van der Waals surface area contributed by atoms with Crippen LogP contribution in [0.15, 0.2) is 88.0 Å². The smallest absolute Gasteiger partial charge is 0.343 e. The minimum atomic E-state index is -0.747. The molecule has 3 aromatic carbocycles. The van der Waals surface area contributed by atoms with Gasteiger partial charge >= 0.3 is 11.7 Å². The highest BCUT2D eigenvalue weighted by Gasteiger charge is 2.42. The molecule has 0 bridgehead atoms. The fourth-order valence-electron chi connectivity index (χ4n) is 4.85. The summed E-state index contributed by atoms with van der Waals surface area (Å²) in [6.45, 7) is 0. The van der Waals surface area contributed by atoms with Gasteiger partial charge in [0.15, 0.2) is 5.78 Å². The lowest BCUT2D eigenvalue weighted by atomic mass is 9.81. The summed E-state index contributed by atoms with van der Waals surface area (Å²) < 4.78 is 6.80. The van der Waals surface area contributed by atoms with Crippen LogP contribution in [-0.2, 0) is 7.05 Å². The molecule has 1 aliphatic carbocycles. The summed E-state index contributed by atoms with van der Waals surface area (Å²) >= 11 is 5.88. The standard InChI is InChI=1S/C28H18ClN3O5/c1-32-25-22(26(34)31-28(32)36)20(21-23(30-25)18-4-2-3-5-19(18)24(21)33)14-8-12-17(13-9-14)37-27(35)15-6-10-16(29)11-7-15/h2-13,20,30H,1H3,(H,31,34,36). The molecule has 1 unspecified atom stereocenters. The zero-order chi connectivity index (χ0) is 25.8. The number of ether oxygens (including phenoxy) is 1. The van der Waals surface area contributed by atoms with Crippen LogP contribution in [0, 0.1) is 0 Å². The number of benzene rings is 3. The SMILES string of the molecule is Cn1c2c(c(=O)[nH]c1=O)C(c1ccc(OC(=O)c3ccc(Cl)cc3)cc1)C1=C(N2)c2ccccc2C1=O. The van der Waals surface area contributed by atoms with E-state index in [9.17, 15) is 19.2 Å². The molecule has 1 aromatic heterocycles. The van der Waals surface area contributed by atoms with Crippen molar-refractivity contribution in [3.63, 3.8) is 0 Å². The fraction of sp³-hybridized carbons (Fsp3) is 0.0714. The number of esters is 1. The van der Waals surface area contributed by atoms with Crippen molar-refractivity contribution in [2.45, 2.75) is 5.92 Å². The van der Waals surface area contributed by atoms with Crippen molar-refractivity contribution in [2.75, 3.05) is 5.32 Å². The van der Waals surface area contributed by atoms with Gasteiger partial charge in [-0.25, -0.2) is 9.59 Å². The molecule has 8 nitrogen and oxygen atoms in total. The number of ketones is 1. The van der Waals surface area contributed by atoms with Crippen LogP contribution >= 0.6 is 11.6 Å². The van der Waals surface area contributed by atoms with E-state index >= 15 is 0 Å². The maximum atomic E-state index is 13.5. The summed E-state index contributed by atoms with van der Waals surface area (Å²) in [5.74, 6) is -0.875. The monoisotopic (exact) mass is 511 g/mol. The molecule has 182 valence electrons. The van der Waals surface area contributed by atoms with E-state index < -0.39 is 23.1 Å². The van der Waals surface area contributed by atoms with Gasteiger partial charge < -0.3 is 10.1 Å². The summed E-state index contributed by atoms with van der Waals surface area (Å²) in [7, 11) is 1.55. The first-order valence-electron chi connectivity index (χ1n) is 11.4. The number of fused-ring (bicyclic) bond motifs is 3. The Kier molecular flexibility index (Phi) is 5.20. The molecule has 1 aliphatic heterocycles. The van der Waals surface area contributed by atoms with Crippen molar-refractivity contribution in [1.29, 1.82) is 0 Å². The van der Waals surface area contributed by atoms with Gasteiger partial charge in [0, 0.05) is 34.7 Å². The molecule has 2 aliphatic rings. The van der Waals surface area contributed by atoms with E-state index in [2.05, 4.69) is 10.3 Å². The third kappa shape index (κ3) is 3.61. The van der Waals surface area contributed by atoms with Crippen molar-refractivity contribution < 1.29 is 14.3 Å². The van der Waals surface area contributed by atoms with Crippen molar-refractivity contribution in [3.8, 4) is 5.75 Å². The normalized spacial score (nSPS) is 15.5. The van der Waals surface area contributed by atoms with Gasteiger partial charge in [-0.3, -0.25) is 19.1 Å². The van der Waals surface area contributed by atoms with E-state index in [1.165, 1.54) is 4.57 Å². The Morgan fingerprint density at radius 2 is 1.59 bits per heavy atom. The zero-order valence-corrected chi connectivity index (χ0v) is 20.1. The molecule has 1 atom stereocenters. The van der Waals surface area contributed by atoms with Crippen molar-refractivity contribution in [1.82, 2.24) is 9.55 Å². The first-order chi connectivity index (χ1) is 17.8. The summed E-state index contributed by atoms with van der Waals surface area (Å²) in [6.07, 6.45) is 0. The van der Waals surface area contributed by atoms with Crippen molar-refractivity contribution >= 4 is 34.9 Å². The number of Topliss-reactive ketones (excluding diaryl/α,β-unsaturated/α-hetero) is 1. The van der Waals surface area contributed by atoms with Crippen LogP contribution in [0.25, 0.3) is 5.70 Å². The third-order valence-electron chi connectivity index (χ3n) is 6.64. The lowest BCUT2D eigenvalue weighted by molar-refractivity contribution is 0.0734. The van der Waals surface area contributed by atoms with Gasteiger partial charge in [0.05, 0.1) is 16.8 Å². The van der Waals surface area contributed by atoms with Crippen LogP contribution in [0.2, 0.25) is 5.02 Å². The van der Waals surface area contributed by atoms with Gasteiger partial charge in [-0.2, -0.15) is 0 Å². The molecule has 0 saturated heterocycles. The molecule has 37 heavy (non-hydrogen) atoms. The number of carbonyl (C=O) groups excluding carboxylic acids is 2. The quantitative estimate of drug-likeness (QED) is 0.316. The van der Waals surface area contributed by atoms with Crippen LogP contribution in [-0.4, -0.2) is 21.3 Å². The number of nitrogens with one attached hydrogen (secondary N) is 2. The Morgan fingerprint density at radius 1 is 0.919 bits per heavy atom. The Bertz CT molecular complexity index is 1770. The molecule has 9 heteroatoms. The number of aromatic amines is 1. The average molecular weight is 512 g/mol. The maximum Gasteiger partial charge on any atom is 0.343 e. The third-order valence-corrected chi connectivity index (χ3v) is 6.89. The van der Waals surface area contributed by atoms with Crippen molar-refractivity contribution in [2.24, 2.45) is 7.05 Å². The Hall–Kier alpha value is -4.69. The molecule has 0 fully saturated rings. The van der Waals surface area contributed by atoms with E-state index in [-0.39, 0.29) is 11.3 Å². The van der Waals surface area contributed by atoms with Gasteiger partial charge in [-0.15, -0.1) is 0 Å². The maximum absolute atomic E-state index is 13.5. The first kappa shape index (κ1) is 22.8. The van der Waals surface area contributed by atoms with Crippen LogP contribution < -0.4 is 21.3 Å². The molecular formula is C28H18ClN3O5. The van der Waals surface area contributed by atoms with Gasteiger partial charge in [-0.05, 0) is 42.0 Å². The van der Waals surface area contributed by atoms with Crippen LogP contribution in [0.1, 0.15) is 43.3 Å². The number of hydrogen-bond donors (Lipinski definition) is 2. The van der Waals surface area contributed by atoms with Gasteiger partial charge in [0.1, 0.15) is 11.6 Å². The van der Waals surface area contributed by atoms with E-state index in [1.807, 2.05) is 12.1 Å². The van der Waals surface area contributed by atoms with E-state index in [1.54, 1.807) is 67.7 Å². The number of H-pyrrole nitrogens is 1. The number of nitrogens with zero attached hydrogens (tertiary/aromatic N) is 1. The second-order valence-corrected chi connectivity index (χ2v) is 9.20. The van der Waals surface area contributed by atoms with Gasteiger partial charge in [0.2, 0.25) is 0 Å². The molecule has 4 aromatic rings. The van der Waals surface area contributed by atoms with Gasteiger partial charge in [-0.1, -0.05) is 48.0 Å². The van der Waals surface area contributed by atoms with Crippen molar-refractivity contribution in [3.05, 3.63) is 132 Å². The molecule has 2 heterocycles. The Balaban J connectivity index is 1.44. The summed E-state index contributed by atoms with van der Waals surface area (Å²) in [5, 5.41) is 3.69. The molecule has 0 radical (unpaired) electrons. The molecule has 2 N–H and O–H groups in total. The Morgan fingerprint density at radius 3 is 2.30 bits per heavy atom. The number of allylic oxidation sites excluding steroid dienone is 1. The molecule has 0 amide bonds. The zero-order valence-electron chi connectivity index (χ0n) is 19.4. The lowest BCUT2D eigenvalue weighted by Crippen LogP contribution is -2.37. The molecule has 0 saturated carbocycles. The number of rotatable bonds is 3. The average Bonchev–Trinajstić information content (AvgIpc) is 3.19. The second-order valence-electron chi connectivity index (χ2n) is 8.77. The first-order valence-corrected chi connectivity index (χ1v) is 11.8. The van der Waals surface area contributed by atoms with Crippen LogP contribution in [0.3, 0.4) is 0 Å². The van der Waals surface area contributed by atoms with Crippen LogP contribution in [0.5, 0.6) is 5.75 Å². The summed E-state index contributed by atoms with van der Waals surface area (Å²) in [4.78, 5) is 53.8. The second kappa shape index (κ2) is 8.46. The predicted molar refractivity (Wildman–Crippen MR) is 138 cm³/mol. The van der Waals surface area contributed by atoms with Crippen LogP contribution in [0.4, 0.5) is 5.82 Å². The number of halogens is 1. The van der Waals surface area contributed by atoms with E-state index in [0.29, 0.717) is 50.1 Å². The highest BCUT2D eigenvalue weighted by Crippen LogP contribution is 2.47. The fourth-order valence-corrected chi connectivity index (χ4v) is 4.97. The van der Waals surface area contributed by atoms with Gasteiger partial charge in [0.25, 0.3) is 5.56 Å². The highest BCUT2D eigenvalue weighted by molar-refractivity contribution is 6.30. The minimum absolute atomic E-state index is 0.194. The summed E-state index contributed by atoms with van der Waals surface area (Å²) in [5.41, 5.74) is 2.30. The van der Waals surface area contributed by atoms with E-state index in [4.69, 9.17) is 16.3 Å². The number of hydrogen-bond acceptors (Lipinski definition) is 6. The lowest BCUT2D eigenvalue weighted by Gasteiger charge is -2.29. The topological polar surface area (TPSA) is 110 Å². The summed E-state index contributed by atoms with van der Waals surface area (Å²) in [6, 6.07) is 20.1. The number of aromatic nitrogens is 2. The molecule has 0 spiro atoms. The Labute approximate surface area is 214 Å². The largest absolute Gasteiger partial charge is 0.423 e. The van der Waals surface area contributed by atoms with E-state index in [0.717, 1.165) is 0 Å². The highest BCUT2D eigenvalue weighted by atomic mass is 35.5. The number of anilines is 1. The molecule has 6 rings (SSSR count). The molecular weight excluding hydrogens is 494 g/mol.